The van der Waals surface area contributed by atoms with Crippen molar-refractivity contribution in [3.05, 3.63) is 48.5 Å². The van der Waals surface area contributed by atoms with Crippen LogP contribution in [0.1, 0.15) is 23.8 Å². The molecule has 0 saturated carbocycles. The Labute approximate surface area is 111 Å². The lowest BCUT2D eigenvalue weighted by atomic mass is 10.3. The van der Waals surface area contributed by atoms with Gasteiger partial charge in [0.25, 0.3) is 5.91 Å². The molecule has 0 spiro atoms. The van der Waals surface area contributed by atoms with Crippen LogP contribution in [0.25, 0.3) is 0 Å². The van der Waals surface area contributed by atoms with E-state index in [2.05, 4.69) is 22.2 Å². The number of nitrogens with one attached hydrogen (secondary N) is 1. The second kappa shape index (κ2) is 6.49. The van der Waals surface area contributed by atoms with Gasteiger partial charge in [0.05, 0.1) is 12.8 Å². The van der Waals surface area contributed by atoms with E-state index >= 15 is 0 Å². The summed E-state index contributed by atoms with van der Waals surface area (Å²) in [6.07, 6.45) is 5.40. The second-order valence-corrected chi connectivity index (χ2v) is 3.92. The highest BCUT2D eigenvalue weighted by atomic mass is 16.5. The van der Waals surface area contributed by atoms with E-state index in [9.17, 15) is 4.79 Å². The molecule has 5 nitrogen and oxygen atoms in total. The molecule has 5 heteroatoms. The molecule has 1 N–H and O–H groups in total. The minimum Gasteiger partial charge on any atom is -0.494 e. The van der Waals surface area contributed by atoms with Crippen molar-refractivity contribution in [3.8, 4) is 5.75 Å². The zero-order valence-corrected chi connectivity index (χ0v) is 10.7. The van der Waals surface area contributed by atoms with Gasteiger partial charge in [-0.1, -0.05) is 6.92 Å². The van der Waals surface area contributed by atoms with Gasteiger partial charge in [0.2, 0.25) is 0 Å². The van der Waals surface area contributed by atoms with Crippen molar-refractivity contribution in [2.45, 2.75) is 13.3 Å². The maximum atomic E-state index is 11.8. The number of carbonyl (C=O) groups excluding carboxylic acids is 1. The molecule has 0 atom stereocenters. The molecule has 0 unspecified atom stereocenters. The van der Waals surface area contributed by atoms with Crippen molar-refractivity contribution in [3.63, 3.8) is 0 Å². The third-order valence-corrected chi connectivity index (χ3v) is 2.38. The molecule has 1 aromatic carbocycles. The van der Waals surface area contributed by atoms with Crippen molar-refractivity contribution < 1.29 is 9.53 Å². The number of carbonyl (C=O) groups is 1. The summed E-state index contributed by atoms with van der Waals surface area (Å²) in [4.78, 5) is 19.6. The summed E-state index contributed by atoms with van der Waals surface area (Å²) in [6.45, 7) is 2.74. The normalized spacial score (nSPS) is 9.95. The number of anilines is 1. The fraction of sp³-hybridized carbons (Fsp3) is 0.214. The predicted molar refractivity (Wildman–Crippen MR) is 72.2 cm³/mol. The summed E-state index contributed by atoms with van der Waals surface area (Å²) in [5, 5.41) is 2.74. The molecule has 2 rings (SSSR count). The number of amides is 1. The van der Waals surface area contributed by atoms with Gasteiger partial charge in [0.15, 0.2) is 0 Å². The van der Waals surface area contributed by atoms with E-state index in [1.165, 1.54) is 18.6 Å². The predicted octanol–water partition coefficient (Wildman–Crippen LogP) is 2.52. The molecule has 19 heavy (non-hydrogen) atoms. The van der Waals surface area contributed by atoms with Crippen molar-refractivity contribution in [2.24, 2.45) is 0 Å². The number of nitrogens with zero attached hydrogens (tertiary/aromatic N) is 2. The molecule has 1 amide bonds. The third kappa shape index (κ3) is 3.77. The second-order valence-electron chi connectivity index (χ2n) is 3.92. The fourth-order valence-corrected chi connectivity index (χ4v) is 1.47. The summed E-state index contributed by atoms with van der Waals surface area (Å²) < 4.78 is 5.46. The quantitative estimate of drug-likeness (QED) is 0.893. The first-order valence-corrected chi connectivity index (χ1v) is 6.10. The summed E-state index contributed by atoms with van der Waals surface area (Å²) in [5.74, 6) is 0.509. The molecule has 2 aromatic rings. The zero-order valence-electron chi connectivity index (χ0n) is 10.7. The van der Waals surface area contributed by atoms with Gasteiger partial charge in [-0.15, -0.1) is 0 Å². The Bertz CT molecular complexity index is 526. The number of aromatic nitrogens is 2. The van der Waals surface area contributed by atoms with Crippen LogP contribution in [-0.2, 0) is 0 Å². The van der Waals surface area contributed by atoms with Crippen molar-refractivity contribution >= 4 is 11.6 Å². The summed E-state index contributed by atoms with van der Waals surface area (Å²) >= 11 is 0. The Kier molecular flexibility index (Phi) is 4.44. The van der Waals surface area contributed by atoms with Crippen LogP contribution in [0.3, 0.4) is 0 Å². The smallest absolute Gasteiger partial charge is 0.275 e. The van der Waals surface area contributed by atoms with Gasteiger partial charge in [-0.05, 0) is 30.7 Å². The Morgan fingerprint density at radius 1 is 1.26 bits per heavy atom. The SMILES string of the molecule is CCCOc1ccc(NC(=O)c2cnccn2)cc1. The first-order valence-electron chi connectivity index (χ1n) is 6.10. The first kappa shape index (κ1) is 13.0. The van der Waals surface area contributed by atoms with Crippen LogP contribution in [0.5, 0.6) is 5.75 Å². The number of hydrogen-bond acceptors (Lipinski definition) is 4. The summed E-state index contributed by atoms with van der Waals surface area (Å²) in [7, 11) is 0. The van der Waals surface area contributed by atoms with Gasteiger partial charge in [-0.2, -0.15) is 0 Å². The molecule has 0 aliphatic heterocycles. The summed E-state index contributed by atoms with van der Waals surface area (Å²) in [5.41, 5.74) is 0.980. The molecule has 1 aromatic heterocycles. The molecule has 0 aliphatic carbocycles. The lowest BCUT2D eigenvalue weighted by molar-refractivity contribution is 0.102. The van der Waals surface area contributed by atoms with Crippen LogP contribution in [-0.4, -0.2) is 22.5 Å². The lowest BCUT2D eigenvalue weighted by Crippen LogP contribution is -2.13. The van der Waals surface area contributed by atoms with Gasteiger partial charge >= 0.3 is 0 Å². The van der Waals surface area contributed by atoms with Gasteiger partial charge in [-0.25, -0.2) is 4.98 Å². The van der Waals surface area contributed by atoms with Crippen LogP contribution >= 0.6 is 0 Å². The van der Waals surface area contributed by atoms with E-state index < -0.39 is 0 Å². The lowest BCUT2D eigenvalue weighted by Gasteiger charge is -2.07. The Hall–Kier alpha value is -2.43. The average molecular weight is 257 g/mol. The number of rotatable bonds is 5. The highest BCUT2D eigenvalue weighted by molar-refractivity contribution is 6.02. The third-order valence-electron chi connectivity index (χ3n) is 2.38. The van der Waals surface area contributed by atoms with Gasteiger partial charge < -0.3 is 10.1 Å². The molecule has 0 radical (unpaired) electrons. The minimum atomic E-state index is -0.282. The van der Waals surface area contributed by atoms with Crippen LogP contribution < -0.4 is 10.1 Å². The number of hydrogen-bond donors (Lipinski definition) is 1. The Balaban J connectivity index is 1.98. The van der Waals surface area contributed by atoms with Crippen molar-refractivity contribution in [2.75, 3.05) is 11.9 Å². The standard InChI is InChI=1S/C14H15N3O2/c1-2-9-19-12-5-3-11(4-6-12)17-14(18)13-10-15-7-8-16-13/h3-8,10H,2,9H2,1H3,(H,17,18). The Morgan fingerprint density at radius 2 is 2.05 bits per heavy atom. The molecule has 0 bridgehead atoms. The van der Waals surface area contributed by atoms with E-state index in [4.69, 9.17) is 4.74 Å². The molecular formula is C14H15N3O2. The van der Waals surface area contributed by atoms with Gasteiger partial charge in [-0.3, -0.25) is 9.78 Å². The maximum absolute atomic E-state index is 11.8. The van der Waals surface area contributed by atoms with Crippen LogP contribution in [0, 0.1) is 0 Å². The highest BCUT2D eigenvalue weighted by Crippen LogP contribution is 2.16. The molecule has 1 heterocycles. The van der Waals surface area contributed by atoms with E-state index in [-0.39, 0.29) is 11.6 Å². The monoisotopic (exact) mass is 257 g/mol. The molecule has 0 fully saturated rings. The van der Waals surface area contributed by atoms with Crippen LogP contribution in [0.2, 0.25) is 0 Å². The first-order chi connectivity index (χ1) is 9.29. The molecular weight excluding hydrogens is 242 g/mol. The van der Waals surface area contributed by atoms with Crippen molar-refractivity contribution in [1.82, 2.24) is 9.97 Å². The van der Waals surface area contributed by atoms with Crippen LogP contribution in [0.4, 0.5) is 5.69 Å². The topological polar surface area (TPSA) is 64.1 Å². The van der Waals surface area contributed by atoms with E-state index in [0.717, 1.165) is 12.2 Å². The number of ether oxygens (including phenoxy) is 1. The summed E-state index contributed by atoms with van der Waals surface area (Å²) in [6, 6.07) is 7.22. The van der Waals surface area contributed by atoms with Gasteiger partial charge in [0, 0.05) is 18.1 Å². The van der Waals surface area contributed by atoms with Gasteiger partial charge in [0.1, 0.15) is 11.4 Å². The van der Waals surface area contributed by atoms with E-state index in [1.807, 2.05) is 12.1 Å². The fourth-order valence-electron chi connectivity index (χ4n) is 1.47. The van der Waals surface area contributed by atoms with E-state index in [0.29, 0.717) is 12.3 Å². The number of benzene rings is 1. The van der Waals surface area contributed by atoms with Crippen molar-refractivity contribution in [1.29, 1.82) is 0 Å². The largest absolute Gasteiger partial charge is 0.494 e. The molecule has 0 saturated heterocycles. The molecule has 0 aliphatic rings. The molecule has 98 valence electrons. The zero-order chi connectivity index (χ0) is 13.5. The Morgan fingerprint density at radius 3 is 2.68 bits per heavy atom. The maximum Gasteiger partial charge on any atom is 0.275 e. The van der Waals surface area contributed by atoms with E-state index in [1.54, 1.807) is 12.1 Å². The average Bonchev–Trinajstić information content (AvgIpc) is 2.47. The minimum absolute atomic E-state index is 0.282. The highest BCUT2D eigenvalue weighted by Gasteiger charge is 2.07. The van der Waals surface area contributed by atoms with Crippen LogP contribution in [0.15, 0.2) is 42.9 Å².